The van der Waals surface area contributed by atoms with Gasteiger partial charge in [-0.3, -0.25) is 4.21 Å². The van der Waals surface area contributed by atoms with Gasteiger partial charge < -0.3 is 0 Å². The van der Waals surface area contributed by atoms with E-state index in [1.807, 2.05) is 6.92 Å². The Balaban J connectivity index is 2.74. The lowest BCUT2D eigenvalue weighted by Gasteiger charge is -2.02. The number of halogens is 1. The maximum absolute atomic E-state index is 11.8. The zero-order valence-corrected chi connectivity index (χ0v) is 12.9. The van der Waals surface area contributed by atoms with Crippen molar-refractivity contribution in [2.75, 3.05) is 18.6 Å². The van der Waals surface area contributed by atoms with Crippen molar-refractivity contribution in [2.45, 2.75) is 11.1 Å². The van der Waals surface area contributed by atoms with Gasteiger partial charge in [0.05, 0.1) is 3.79 Å². The van der Waals surface area contributed by atoms with Crippen LogP contribution < -0.4 is 4.72 Å². The van der Waals surface area contributed by atoms with Gasteiger partial charge in [0.15, 0.2) is 0 Å². The summed E-state index contributed by atoms with van der Waals surface area (Å²) in [7, 11) is -4.44. The molecule has 0 radical (unpaired) electrons. The molecule has 1 heterocycles. The Bertz CT molecular complexity index is 475. The van der Waals surface area contributed by atoms with Crippen LogP contribution in [0.3, 0.4) is 0 Å². The Morgan fingerprint density at radius 1 is 1.56 bits per heavy atom. The van der Waals surface area contributed by atoms with Gasteiger partial charge in [-0.2, -0.15) is 0 Å². The maximum Gasteiger partial charge on any atom is 0.250 e. The molecular formula is C8H12BrNO3S3. The largest absolute Gasteiger partial charge is 0.260 e. The van der Waals surface area contributed by atoms with Crippen molar-refractivity contribution >= 4 is 48.1 Å². The van der Waals surface area contributed by atoms with Crippen molar-refractivity contribution in [3.05, 3.63) is 15.4 Å². The van der Waals surface area contributed by atoms with E-state index in [1.165, 1.54) is 11.3 Å². The summed E-state index contributed by atoms with van der Waals surface area (Å²) >= 11 is 4.45. The molecule has 1 rings (SSSR count). The number of rotatable bonds is 5. The van der Waals surface area contributed by atoms with Crippen LogP contribution in [0, 0.1) is 6.92 Å². The lowest BCUT2D eigenvalue weighted by atomic mass is 10.4. The van der Waals surface area contributed by atoms with Gasteiger partial charge in [-0.15, -0.1) is 11.3 Å². The van der Waals surface area contributed by atoms with Gasteiger partial charge in [0.2, 0.25) is 10.0 Å². The summed E-state index contributed by atoms with van der Waals surface area (Å²) < 4.78 is 37.8. The fourth-order valence-electron chi connectivity index (χ4n) is 0.955. The first kappa shape index (κ1) is 14.3. The molecule has 0 saturated carbocycles. The molecule has 1 aromatic rings. The lowest BCUT2D eigenvalue weighted by molar-refractivity contribution is 0.586. The van der Waals surface area contributed by atoms with E-state index in [1.54, 1.807) is 12.3 Å². The van der Waals surface area contributed by atoms with Gasteiger partial charge in [-0.05, 0) is 34.5 Å². The highest BCUT2D eigenvalue weighted by molar-refractivity contribution is 9.11. The zero-order valence-electron chi connectivity index (χ0n) is 8.82. The van der Waals surface area contributed by atoms with Crippen LogP contribution >= 0.6 is 27.3 Å². The fourth-order valence-corrected chi connectivity index (χ4v) is 4.78. The summed E-state index contributed by atoms with van der Waals surface area (Å²) in [5, 5.41) is 0. The number of hydrogen-bond acceptors (Lipinski definition) is 4. The van der Waals surface area contributed by atoms with Gasteiger partial charge in [0.25, 0.3) is 0 Å². The standard InChI is InChI=1S/C8H12BrNO3S3/c1-6-5-7(14-8(6)9)16(12,13)10-3-4-15(2)11/h5,10H,3-4H2,1-2H3. The van der Waals surface area contributed by atoms with E-state index in [0.29, 0.717) is 5.75 Å². The average Bonchev–Trinajstić information content (AvgIpc) is 2.46. The number of thiophene rings is 1. The molecule has 4 nitrogen and oxygen atoms in total. The van der Waals surface area contributed by atoms with Gasteiger partial charge in [-0.1, -0.05) is 0 Å². The van der Waals surface area contributed by atoms with Gasteiger partial charge in [0, 0.05) is 29.4 Å². The second-order valence-corrected chi connectivity index (χ2v) is 9.12. The highest BCUT2D eigenvalue weighted by Gasteiger charge is 2.17. The van der Waals surface area contributed by atoms with Crippen LogP contribution in [0.5, 0.6) is 0 Å². The monoisotopic (exact) mass is 345 g/mol. The Labute approximate surface area is 110 Å². The Kier molecular flexibility index (Phi) is 5.11. The zero-order chi connectivity index (χ0) is 12.3. The van der Waals surface area contributed by atoms with Crippen LogP contribution in [0.15, 0.2) is 14.1 Å². The summed E-state index contributed by atoms with van der Waals surface area (Å²) in [4.78, 5) is 0. The third-order valence-corrected chi connectivity index (χ3v) is 6.63. The number of sulfonamides is 1. The molecule has 0 aliphatic heterocycles. The van der Waals surface area contributed by atoms with E-state index >= 15 is 0 Å². The molecule has 1 atom stereocenters. The van der Waals surface area contributed by atoms with Crippen LogP contribution in [0.4, 0.5) is 0 Å². The molecule has 0 fully saturated rings. The van der Waals surface area contributed by atoms with E-state index in [0.717, 1.165) is 9.35 Å². The molecule has 1 N–H and O–H groups in total. The Morgan fingerprint density at radius 2 is 2.19 bits per heavy atom. The van der Waals surface area contributed by atoms with E-state index < -0.39 is 20.8 Å². The summed E-state index contributed by atoms with van der Waals surface area (Å²) in [6.45, 7) is 2.03. The summed E-state index contributed by atoms with van der Waals surface area (Å²) in [5.74, 6) is 0.324. The van der Waals surface area contributed by atoms with Gasteiger partial charge in [-0.25, -0.2) is 13.1 Å². The topological polar surface area (TPSA) is 63.2 Å². The molecule has 0 aromatic carbocycles. The van der Waals surface area contributed by atoms with Crippen LogP contribution in [0.25, 0.3) is 0 Å². The first-order valence-corrected chi connectivity index (χ1v) is 9.20. The average molecular weight is 346 g/mol. The van der Waals surface area contributed by atoms with Crippen molar-refractivity contribution in [1.82, 2.24) is 4.72 Å². The quantitative estimate of drug-likeness (QED) is 0.878. The van der Waals surface area contributed by atoms with Crippen molar-refractivity contribution in [2.24, 2.45) is 0 Å². The highest BCUT2D eigenvalue weighted by Crippen LogP contribution is 2.30. The molecule has 1 aromatic heterocycles. The molecule has 0 amide bonds. The minimum Gasteiger partial charge on any atom is -0.260 e. The predicted molar refractivity (Wildman–Crippen MR) is 70.9 cm³/mol. The summed E-state index contributed by atoms with van der Waals surface area (Å²) in [6, 6.07) is 1.61. The van der Waals surface area contributed by atoms with Crippen molar-refractivity contribution < 1.29 is 12.6 Å². The van der Waals surface area contributed by atoms with Crippen molar-refractivity contribution in [1.29, 1.82) is 0 Å². The molecule has 1 unspecified atom stereocenters. The summed E-state index contributed by atoms with van der Waals surface area (Å²) in [6.07, 6.45) is 1.54. The smallest absolute Gasteiger partial charge is 0.250 e. The highest BCUT2D eigenvalue weighted by atomic mass is 79.9. The third kappa shape index (κ3) is 3.92. The fraction of sp³-hybridized carbons (Fsp3) is 0.500. The maximum atomic E-state index is 11.8. The Hall–Kier alpha value is 0.240. The van der Waals surface area contributed by atoms with Crippen LogP contribution in [0.1, 0.15) is 5.56 Å². The van der Waals surface area contributed by atoms with E-state index in [2.05, 4.69) is 20.7 Å². The van der Waals surface area contributed by atoms with Crippen molar-refractivity contribution in [3.63, 3.8) is 0 Å². The third-order valence-electron chi connectivity index (χ3n) is 1.78. The normalized spacial score (nSPS) is 13.9. The van der Waals surface area contributed by atoms with E-state index in [9.17, 15) is 12.6 Å². The molecule has 0 spiro atoms. The van der Waals surface area contributed by atoms with Crippen LogP contribution in [-0.2, 0) is 20.8 Å². The molecule has 16 heavy (non-hydrogen) atoms. The second kappa shape index (κ2) is 5.72. The second-order valence-electron chi connectivity index (χ2n) is 3.20. The minimum absolute atomic E-state index is 0.194. The van der Waals surface area contributed by atoms with Crippen LogP contribution in [0.2, 0.25) is 0 Å². The summed E-state index contributed by atoms with van der Waals surface area (Å²) in [5.41, 5.74) is 0.893. The molecule has 0 aliphatic rings. The molecule has 0 aliphatic carbocycles. The number of nitrogens with one attached hydrogen (secondary N) is 1. The number of aryl methyl sites for hydroxylation is 1. The Morgan fingerprint density at radius 3 is 2.62 bits per heavy atom. The first-order valence-electron chi connectivity index (χ1n) is 4.38. The SMILES string of the molecule is Cc1cc(S(=O)(=O)NCCS(C)=O)sc1Br. The number of hydrogen-bond donors (Lipinski definition) is 1. The van der Waals surface area contributed by atoms with Crippen molar-refractivity contribution in [3.8, 4) is 0 Å². The first-order chi connectivity index (χ1) is 7.33. The van der Waals surface area contributed by atoms with Crippen LogP contribution in [-0.4, -0.2) is 31.2 Å². The molecular weight excluding hydrogens is 334 g/mol. The predicted octanol–water partition coefficient (Wildman–Crippen LogP) is 1.48. The van der Waals surface area contributed by atoms with E-state index in [4.69, 9.17) is 0 Å². The molecule has 0 saturated heterocycles. The lowest BCUT2D eigenvalue weighted by Crippen LogP contribution is -2.27. The molecule has 0 bridgehead atoms. The minimum atomic E-state index is -3.45. The molecule has 92 valence electrons. The van der Waals surface area contributed by atoms with Gasteiger partial charge >= 0.3 is 0 Å². The molecule has 8 heteroatoms. The van der Waals surface area contributed by atoms with E-state index in [-0.39, 0.29) is 10.8 Å². The van der Waals surface area contributed by atoms with Gasteiger partial charge in [0.1, 0.15) is 4.21 Å².